The second kappa shape index (κ2) is 6.05. The molecule has 7 heteroatoms. The highest BCUT2D eigenvalue weighted by molar-refractivity contribution is 7.99. The number of thiazole rings is 1. The van der Waals surface area contributed by atoms with Gasteiger partial charge < -0.3 is 4.42 Å². The molecule has 0 amide bonds. The van der Waals surface area contributed by atoms with E-state index >= 15 is 0 Å². The molecule has 23 heavy (non-hydrogen) atoms. The van der Waals surface area contributed by atoms with Crippen LogP contribution in [0.2, 0.25) is 0 Å². The van der Waals surface area contributed by atoms with Crippen LogP contribution in [-0.4, -0.2) is 15.2 Å². The fourth-order valence-corrected chi connectivity index (χ4v) is 4.45. The van der Waals surface area contributed by atoms with Gasteiger partial charge in [-0.25, -0.2) is 9.37 Å². The predicted octanol–water partition coefficient (Wildman–Crippen LogP) is 4.34. The molecule has 0 fully saturated rings. The SMILES string of the molecule is Cc1nc(Cc2nnc(SC3CCc4ccc(F)cc43)o2)cs1. The Balaban J connectivity index is 1.48. The van der Waals surface area contributed by atoms with Crippen LogP contribution in [0.1, 0.15) is 39.4 Å². The summed E-state index contributed by atoms with van der Waals surface area (Å²) in [6.45, 7) is 1.97. The van der Waals surface area contributed by atoms with Gasteiger partial charge in [-0.1, -0.05) is 17.8 Å². The molecular formula is C16H14FN3OS2. The molecule has 0 saturated heterocycles. The van der Waals surface area contributed by atoms with Crippen LogP contribution in [-0.2, 0) is 12.8 Å². The summed E-state index contributed by atoms with van der Waals surface area (Å²) < 4.78 is 19.2. The molecule has 0 bridgehead atoms. The van der Waals surface area contributed by atoms with Gasteiger partial charge in [0.15, 0.2) is 0 Å². The summed E-state index contributed by atoms with van der Waals surface area (Å²) in [7, 11) is 0. The lowest BCUT2D eigenvalue weighted by molar-refractivity contribution is 0.418. The molecule has 4 nitrogen and oxygen atoms in total. The number of thioether (sulfide) groups is 1. The van der Waals surface area contributed by atoms with Crippen LogP contribution in [0, 0.1) is 12.7 Å². The highest BCUT2D eigenvalue weighted by Gasteiger charge is 2.26. The van der Waals surface area contributed by atoms with E-state index in [9.17, 15) is 4.39 Å². The number of rotatable bonds is 4. The molecule has 1 atom stereocenters. The van der Waals surface area contributed by atoms with E-state index < -0.39 is 0 Å². The predicted molar refractivity (Wildman–Crippen MR) is 87.3 cm³/mol. The summed E-state index contributed by atoms with van der Waals surface area (Å²) in [5.41, 5.74) is 3.20. The third-order valence-electron chi connectivity index (χ3n) is 3.82. The lowest BCUT2D eigenvalue weighted by Gasteiger charge is -2.07. The van der Waals surface area contributed by atoms with E-state index in [2.05, 4.69) is 15.2 Å². The number of hydrogen-bond donors (Lipinski definition) is 0. The maximum atomic E-state index is 13.5. The van der Waals surface area contributed by atoms with Crippen molar-refractivity contribution < 1.29 is 8.81 Å². The van der Waals surface area contributed by atoms with Crippen LogP contribution >= 0.6 is 23.1 Å². The van der Waals surface area contributed by atoms with Crippen molar-refractivity contribution in [1.29, 1.82) is 0 Å². The maximum Gasteiger partial charge on any atom is 0.277 e. The number of aryl methyl sites for hydroxylation is 2. The van der Waals surface area contributed by atoms with Crippen LogP contribution in [0.3, 0.4) is 0 Å². The quantitative estimate of drug-likeness (QED) is 0.702. The first kappa shape index (κ1) is 14.8. The van der Waals surface area contributed by atoms with Crippen molar-refractivity contribution in [3.8, 4) is 0 Å². The molecule has 4 rings (SSSR count). The summed E-state index contributed by atoms with van der Waals surface area (Å²) >= 11 is 3.12. The molecule has 0 radical (unpaired) electrons. The minimum Gasteiger partial charge on any atom is -0.416 e. The van der Waals surface area contributed by atoms with Crippen molar-refractivity contribution in [3.63, 3.8) is 0 Å². The Morgan fingerprint density at radius 3 is 3.13 bits per heavy atom. The van der Waals surface area contributed by atoms with E-state index in [1.54, 1.807) is 17.4 Å². The van der Waals surface area contributed by atoms with Crippen molar-refractivity contribution >= 4 is 23.1 Å². The Labute approximate surface area is 141 Å². The fraction of sp³-hybridized carbons (Fsp3) is 0.312. The van der Waals surface area contributed by atoms with Crippen LogP contribution in [0.25, 0.3) is 0 Å². The molecule has 118 valence electrons. The van der Waals surface area contributed by atoms with Crippen LogP contribution in [0.5, 0.6) is 0 Å². The number of benzene rings is 1. The van der Waals surface area contributed by atoms with Crippen molar-refractivity contribution in [2.75, 3.05) is 0 Å². The summed E-state index contributed by atoms with van der Waals surface area (Å²) in [5, 5.41) is 11.9. The first-order valence-corrected chi connectivity index (χ1v) is 9.11. The van der Waals surface area contributed by atoms with Gasteiger partial charge in [-0.2, -0.15) is 0 Å². The summed E-state index contributed by atoms with van der Waals surface area (Å²) in [6, 6.07) is 5.01. The third-order valence-corrected chi connectivity index (χ3v) is 5.78. The molecule has 1 aliphatic rings. The zero-order valence-corrected chi connectivity index (χ0v) is 14.1. The Kier molecular flexibility index (Phi) is 3.90. The molecule has 2 heterocycles. The molecule has 1 unspecified atom stereocenters. The van der Waals surface area contributed by atoms with E-state index in [1.165, 1.54) is 23.4 Å². The number of nitrogens with zero attached hydrogens (tertiary/aromatic N) is 3. The smallest absolute Gasteiger partial charge is 0.277 e. The molecule has 1 aromatic carbocycles. The Morgan fingerprint density at radius 2 is 2.30 bits per heavy atom. The van der Waals surface area contributed by atoms with E-state index in [1.807, 2.05) is 18.4 Å². The molecule has 3 aromatic rings. The normalized spacial score (nSPS) is 16.7. The standard InChI is InChI=1S/C16H14FN3OS2/c1-9-18-12(8-22-9)7-15-19-20-16(21-15)23-14-5-3-10-2-4-11(17)6-13(10)14/h2,4,6,8,14H,3,5,7H2,1H3. The van der Waals surface area contributed by atoms with Gasteiger partial charge in [0.1, 0.15) is 5.82 Å². The van der Waals surface area contributed by atoms with E-state index in [4.69, 9.17) is 4.42 Å². The van der Waals surface area contributed by atoms with Gasteiger partial charge >= 0.3 is 0 Å². The summed E-state index contributed by atoms with van der Waals surface area (Å²) in [6.07, 6.45) is 2.48. The zero-order chi connectivity index (χ0) is 15.8. The minimum absolute atomic E-state index is 0.176. The molecule has 0 spiro atoms. The fourth-order valence-electron chi connectivity index (χ4n) is 2.78. The topological polar surface area (TPSA) is 51.8 Å². The monoisotopic (exact) mass is 347 g/mol. The van der Waals surface area contributed by atoms with Gasteiger partial charge in [-0.3, -0.25) is 0 Å². The molecule has 0 N–H and O–H groups in total. The molecule has 1 aliphatic carbocycles. The maximum absolute atomic E-state index is 13.5. The lowest BCUT2D eigenvalue weighted by atomic mass is 10.1. The highest BCUT2D eigenvalue weighted by atomic mass is 32.2. The number of halogens is 1. The number of fused-ring (bicyclic) bond motifs is 1. The van der Waals surface area contributed by atoms with Gasteiger partial charge in [0, 0.05) is 10.6 Å². The number of hydrogen-bond acceptors (Lipinski definition) is 6. The second-order valence-electron chi connectivity index (χ2n) is 5.48. The Hall–Kier alpha value is -1.73. The largest absolute Gasteiger partial charge is 0.416 e. The van der Waals surface area contributed by atoms with Crippen molar-refractivity contribution in [1.82, 2.24) is 15.2 Å². The summed E-state index contributed by atoms with van der Waals surface area (Å²) in [5.74, 6) is 0.372. The van der Waals surface area contributed by atoms with E-state index in [0.717, 1.165) is 29.1 Å². The Bertz CT molecular complexity index is 845. The van der Waals surface area contributed by atoms with Crippen molar-refractivity contribution in [3.05, 3.63) is 57.1 Å². The van der Waals surface area contributed by atoms with E-state index in [-0.39, 0.29) is 11.1 Å². The molecule has 0 saturated carbocycles. The minimum atomic E-state index is -0.193. The Morgan fingerprint density at radius 1 is 1.39 bits per heavy atom. The van der Waals surface area contributed by atoms with Crippen molar-refractivity contribution in [2.24, 2.45) is 0 Å². The third kappa shape index (κ3) is 3.16. The molecule has 2 aromatic heterocycles. The van der Waals surface area contributed by atoms with Crippen LogP contribution < -0.4 is 0 Å². The van der Waals surface area contributed by atoms with Crippen LogP contribution in [0.4, 0.5) is 4.39 Å². The van der Waals surface area contributed by atoms with Gasteiger partial charge in [0.25, 0.3) is 5.22 Å². The van der Waals surface area contributed by atoms with Gasteiger partial charge in [0.05, 0.1) is 17.1 Å². The van der Waals surface area contributed by atoms with Crippen molar-refractivity contribution in [2.45, 2.75) is 36.7 Å². The zero-order valence-electron chi connectivity index (χ0n) is 12.5. The van der Waals surface area contributed by atoms with Gasteiger partial charge in [-0.05, 0) is 43.0 Å². The average Bonchev–Trinajstić information content (AvgIpc) is 3.22. The average molecular weight is 347 g/mol. The number of aromatic nitrogens is 3. The first-order valence-electron chi connectivity index (χ1n) is 7.36. The summed E-state index contributed by atoms with van der Waals surface area (Å²) in [4.78, 5) is 4.40. The van der Waals surface area contributed by atoms with Gasteiger partial charge in [-0.15, -0.1) is 21.5 Å². The molecule has 0 aliphatic heterocycles. The highest BCUT2D eigenvalue weighted by Crippen LogP contribution is 2.44. The second-order valence-corrected chi connectivity index (χ2v) is 7.70. The van der Waals surface area contributed by atoms with Crippen LogP contribution in [0.15, 0.2) is 33.2 Å². The first-order chi connectivity index (χ1) is 11.2. The van der Waals surface area contributed by atoms with E-state index in [0.29, 0.717) is 17.5 Å². The lowest BCUT2D eigenvalue weighted by Crippen LogP contribution is -1.89. The molecular weight excluding hydrogens is 333 g/mol. The van der Waals surface area contributed by atoms with Gasteiger partial charge in [0.2, 0.25) is 5.89 Å².